The van der Waals surface area contributed by atoms with Gasteiger partial charge in [-0.3, -0.25) is 0 Å². The lowest BCUT2D eigenvalue weighted by molar-refractivity contribution is -0.147. The zero-order valence-corrected chi connectivity index (χ0v) is 7.42. The lowest BCUT2D eigenvalue weighted by Gasteiger charge is -2.07. The average molecular weight is 223 g/mol. The van der Waals surface area contributed by atoms with E-state index in [1.807, 2.05) is 0 Å². The van der Waals surface area contributed by atoms with E-state index in [4.69, 9.17) is 21.8 Å². The summed E-state index contributed by atoms with van der Waals surface area (Å²) in [5.41, 5.74) is -0.653. The third kappa shape index (κ3) is 2.00. The molecule has 0 spiro atoms. The zero-order chi connectivity index (χ0) is 10.9. The molecule has 2 N–H and O–H groups in total. The fraction of sp³-hybridized carbons (Fsp3) is 0.125. The number of rotatable bonds is 2. The van der Waals surface area contributed by atoms with Crippen molar-refractivity contribution >= 4 is 17.6 Å². The van der Waals surface area contributed by atoms with Gasteiger partial charge in [-0.2, -0.15) is 0 Å². The number of halogens is 3. The highest BCUT2D eigenvalue weighted by Gasteiger charge is 2.21. The molecule has 14 heavy (non-hydrogen) atoms. The van der Waals surface area contributed by atoms with Crippen molar-refractivity contribution in [1.82, 2.24) is 0 Å². The number of aliphatic hydroxyl groups is 1. The lowest BCUT2D eigenvalue weighted by Crippen LogP contribution is -2.12. The Hall–Kier alpha value is -1.20. The number of carboxylic acids is 1. The van der Waals surface area contributed by atoms with Crippen LogP contribution in [-0.4, -0.2) is 16.2 Å². The number of aliphatic carboxylic acids is 1. The summed E-state index contributed by atoms with van der Waals surface area (Å²) in [4.78, 5) is 10.3. The fourth-order valence-corrected chi connectivity index (χ4v) is 1.03. The molecule has 3 nitrogen and oxygen atoms in total. The van der Waals surface area contributed by atoms with E-state index in [2.05, 4.69) is 0 Å². The molecular weight excluding hydrogens is 218 g/mol. The summed E-state index contributed by atoms with van der Waals surface area (Å²) in [5.74, 6) is -3.71. The summed E-state index contributed by atoms with van der Waals surface area (Å²) in [6.45, 7) is 0. The number of carboxylic acid groups (broad SMARTS) is 1. The summed E-state index contributed by atoms with van der Waals surface area (Å²) in [5, 5.41) is 16.8. The van der Waals surface area contributed by atoms with Crippen LogP contribution in [0.1, 0.15) is 11.7 Å². The van der Waals surface area contributed by atoms with E-state index in [1.165, 1.54) is 0 Å². The molecule has 76 valence electrons. The Labute approximate surface area is 82.5 Å². The van der Waals surface area contributed by atoms with E-state index in [1.54, 1.807) is 0 Å². The Morgan fingerprint density at radius 1 is 1.36 bits per heavy atom. The first-order valence-corrected chi connectivity index (χ1v) is 3.86. The maximum atomic E-state index is 13.0. The SMILES string of the molecule is O=C(O)C(O)c1cc(F)c(Cl)cc1F. The van der Waals surface area contributed by atoms with Gasteiger partial charge >= 0.3 is 5.97 Å². The van der Waals surface area contributed by atoms with Gasteiger partial charge in [-0.25, -0.2) is 13.6 Å². The lowest BCUT2D eigenvalue weighted by atomic mass is 10.1. The van der Waals surface area contributed by atoms with E-state index < -0.39 is 34.3 Å². The molecule has 0 bridgehead atoms. The quantitative estimate of drug-likeness (QED) is 0.750. The van der Waals surface area contributed by atoms with Crippen LogP contribution in [-0.2, 0) is 4.79 Å². The summed E-state index contributed by atoms with van der Waals surface area (Å²) in [6, 6.07) is 1.16. The second-order valence-electron chi connectivity index (χ2n) is 2.53. The third-order valence-electron chi connectivity index (χ3n) is 1.57. The number of hydrogen-bond donors (Lipinski definition) is 2. The van der Waals surface area contributed by atoms with Crippen LogP contribution in [0, 0.1) is 11.6 Å². The first kappa shape index (κ1) is 10.9. The molecule has 0 radical (unpaired) electrons. The third-order valence-corrected chi connectivity index (χ3v) is 1.86. The molecule has 0 aromatic heterocycles. The first-order valence-electron chi connectivity index (χ1n) is 3.48. The molecule has 6 heteroatoms. The van der Waals surface area contributed by atoms with E-state index in [0.717, 1.165) is 0 Å². The Balaban J connectivity index is 3.22. The van der Waals surface area contributed by atoms with Crippen molar-refractivity contribution in [1.29, 1.82) is 0 Å². The van der Waals surface area contributed by atoms with E-state index in [0.29, 0.717) is 12.1 Å². The molecule has 0 fully saturated rings. The highest BCUT2D eigenvalue weighted by molar-refractivity contribution is 6.30. The molecule has 0 heterocycles. The van der Waals surface area contributed by atoms with Gasteiger partial charge in [-0.15, -0.1) is 0 Å². The Morgan fingerprint density at radius 3 is 2.43 bits per heavy atom. The highest BCUT2D eigenvalue weighted by Crippen LogP contribution is 2.23. The van der Waals surface area contributed by atoms with Crippen LogP contribution in [0.4, 0.5) is 8.78 Å². The molecule has 0 aliphatic heterocycles. The van der Waals surface area contributed by atoms with Crippen molar-refractivity contribution < 1.29 is 23.8 Å². The van der Waals surface area contributed by atoms with Gasteiger partial charge in [-0.1, -0.05) is 11.6 Å². The zero-order valence-electron chi connectivity index (χ0n) is 6.67. The van der Waals surface area contributed by atoms with Crippen molar-refractivity contribution in [2.75, 3.05) is 0 Å². The van der Waals surface area contributed by atoms with Gasteiger partial charge in [-0.05, 0) is 12.1 Å². The molecule has 1 unspecified atom stereocenters. The smallest absolute Gasteiger partial charge is 0.337 e. The number of hydrogen-bond acceptors (Lipinski definition) is 2. The predicted molar refractivity (Wildman–Crippen MR) is 44.0 cm³/mol. The molecule has 1 atom stereocenters. The van der Waals surface area contributed by atoms with Crippen LogP contribution in [0.2, 0.25) is 5.02 Å². The maximum absolute atomic E-state index is 13.0. The minimum absolute atomic E-state index is 0.469. The molecule has 0 amide bonds. The van der Waals surface area contributed by atoms with Gasteiger partial charge in [0.1, 0.15) is 11.6 Å². The largest absolute Gasteiger partial charge is 0.479 e. The van der Waals surface area contributed by atoms with Crippen LogP contribution >= 0.6 is 11.6 Å². The van der Waals surface area contributed by atoms with Crippen molar-refractivity contribution in [3.05, 3.63) is 34.4 Å². The van der Waals surface area contributed by atoms with Crippen molar-refractivity contribution in [2.45, 2.75) is 6.10 Å². The van der Waals surface area contributed by atoms with E-state index >= 15 is 0 Å². The van der Waals surface area contributed by atoms with Crippen LogP contribution in [0.3, 0.4) is 0 Å². The number of aliphatic hydroxyl groups excluding tert-OH is 1. The van der Waals surface area contributed by atoms with Crippen LogP contribution < -0.4 is 0 Å². The molecule has 0 saturated carbocycles. The Kier molecular flexibility index (Phi) is 3.03. The van der Waals surface area contributed by atoms with Gasteiger partial charge in [0, 0.05) is 5.56 Å². The van der Waals surface area contributed by atoms with Gasteiger partial charge < -0.3 is 10.2 Å². The normalized spacial score (nSPS) is 12.6. The van der Waals surface area contributed by atoms with Gasteiger partial charge in [0.15, 0.2) is 6.10 Å². The minimum atomic E-state index is -2.10. The predicted octanol–water partition coefficient (Wildman–Crippen LogP) is 1.74. The molecular formula is C8H5ClF2O3. The summed E-state index contributed by atoms with van der Waals surface area (Å²) < 4.78 is 25.7. The number of benzene rings is 1. The molecule has 0 aliphatic carbocycles. The second-order valence-corrected chi connectivity index (χ2v) is 2.94. The fourth-order valence-electron chi connectivity index (χ4n) is 0.881. The minimum Gasteiger partial charge on any atom is -0.479 e. The van der Waals surface area contributed by atoms with Gasteiger partial charge in [0.2, 0.25) is 0 Å². The molecule has 1 aromatic carbocycles. The van der Waals surface area contributed by atoms with Crippen molar-refractivity contribution in [2.24, 2.45) is 0 Å². The summed E-state index contributed by atoms with van der Waals surface area (Å²) in [7, 11) is 0. The average Bonchev–Trinajstić information content (AvgIpc) is 2.10. The number of carbonyl (C=O) groups is 1. The Morgan fingerprint density at radius 2 is 1.93 bits per heavy atom. The van der Waals surface area contributed by atoms with E-state index in [9.17, 15) is 13.6 Å². The van der Waals surface area contributed by atoms with Crippen molar-refractivity contribution in [3.63, 3.8) is 0 Å². The molecule has 0 saturated heterocycles. The maximum Gasteiger partial charge on any atom is 0.337 e. The van der Waals surface area contributed by atoms with Crippen LogP contribution in [0.15, 0.2) is 12.1 Å². The highest BCUT2D eigenvalue weighted by atomic mass is 35.5. The summed E-state index contributed by atoms with van der Waals surface area (Å²) in [6.07, 6.45) is -2.10. The van der Waals surface area contributed by atoms with Gasteiger partial charge in [0.05, 0.1) is 5.02 Å². The standard InChI is InChI=1S/C8H5ClF2O3/c9-4-2-5(10)3(1-6(4)11)7(12)8(13)14/h1-2,7,12H,(H,13,14). The van der Waals surface area contributed by atoms with Crippen molar-refractivity contribution in [3.8, 4) is 0 Å². The summed E-state index contributed by atoms with van der Waals surface area (Å²) >= 11 is 5.23. The first-order chi connectivity index (χ1) is 6.43. The topological polar surface area (TPSA) is 57.5 Å². The van der Waals surface area contributed by atoms with Gasteiger partial charge in [0.25, 0.3) is 0 Å². The molecule has 1 rings (SSSR count). The second kappa shape index (κ2) is 3.89. The monoisotopic (exact) mass is 222 g/mol. The van der Waals surface area contributed by atoms with Crippen LogP contribution in [0.5, 0.6) is 0 Å². The Bertz CT molecular complexity index is 381. The van der Waals surface area contributed by atoms with E-state index in [-0.39, 0.29) is 0 Å². The van der Waals surface area contributed by atoms with Crippen LogP contribution in [0.25, 0.3) is 0 Å². The molecule has 0 aliphatic rings. The molecule has 1 aromatic rings.